The lowest BCUT2D eigenvalue weighted by atomic mass is 9.78. The number of piperidine rings is 1. The maximum absolute atomic E-state index is 12.6. The Hall–Kier alpha value is -1.57. The maximum Gasteiger partial charge on any atom is 0.294 e. The number of hydrogen-bond acceptors (Lipinski definition) is 6. The Morgan fingerprint density at radius 1 is 1.26 bits per heavy atom. The molecule has 2 N–H and O–H groups in total. The molecule has 1 amide bonds. The summed E-state index contributed by atoms with van der Waals surface area (Å²) < 4.78 is 0.972. The van der Waals surface area contributed by atoms with Crippen LogP contribution >= 0.6 is 11.8 Å². The monoisotopic (exact) mass is 337 g/mol. The Bertz CT molecular complexity index is 645. The minimum Gasteiger partial charge on any atom is -0.339 e. The first-order valence-electron chi connectivity index (χ1n) is 8.21. The lowest BCUT2D eigenvalue weighted by Crippen LogP contribution is -2.50. The molecule has 1 aliphatic heterocycles. The first-order chi connectivity index (χ1) is 11.1. The normalized spacial score (nSPS) is 24.3. The number of nitrogens with zero attached hydrogens (tertiary/aromatic N) is 4. The van der Waals surface area contributed by atoms with Gasteiger partial charge in [0.2, 0.25) is 11.1 Å². The molecule has 126 valence electrons. The fourth-order valence-electron chi connectivity index (χ4n) is 3.71. The molecule has 0 bridgehead atoms. The number of carbonyl (C=O) groups is 1. The molecule has 1 saturated carbocycles. The molecule has 1 aromatic rings. The van der Waals surface area contributed by atoms with Crippen molar-refractivity contribution in [3.63, 3.8) is 0 Å². The summed E-state index contributed by atoms with van der Waals surface area (Å²) in [5.74, 6) is 6.74. The summed E-state index contributed by atoms with van der Waals surface area (Å²) in [7, 11) is 0. The molecule has 0 spiro atoms. The Morgan fingerprint density at radius 3 is 2.83 bits per heavy atom. The third-order valence-electron chi connectivity index (χ3n) is 4.91. The molecule has 23 heavy (non-hydrogen) atoms. The van der Waals surface area contributed by atoms with Crippen LogP contribution in [0.2, 0.25) is 0 Å². The average molecular weight is 337 g/mol. The third kappa shape index (κ3) is 3.36. The molecule has 3 rings (SSSR count). The van der Waals surface area contributed by atoms with Crippen LogP contribution in [0.25, 0.3) is 0 Å². The topological polar surface area (TPSA) is 94.1 Å². The van der Waals surface area contributed by atoms with Gasteiger partial charge in [0, 0.05) is 12.6 Å². The molecule has 2 fully saturated rings. The van der Waals surface area contributed by atoms with Crippen molar-refractivity contribution in [2.24, 2.45) is 5.92 Å². The van der Waals surface area contributed by atoms with Gasteiger partial charge in [-0.15, -0.1) is 10.2 Å². The summed E-state index contributed by atoms with van der Waals surface area (Å²) in [5, 5.41) is 7.99. The molecule has 0 radical (unpaired) electrons. The van der Waals surface area contributed by atoms with Gasteiger partial charge in [0.05, 0.1) is 5.75 Å². The van der Waals surface area contributed by atoms with Gasteiger partial charge in [0.1, 0.15) is 5.69 Å². The van der Waals surface area contributed by atoms with E-state index >= 15 is 0 Å². The zero-order valence-electron chi connectivity index (χ0n) is 13.4. The second-order valence-electron chi connectivity index (χ2n) is 6.37. The summed E-state index contributed by atoms with van der Waals surface area (Å²) in [6.45, 7) is 2.41. The summed E-state index contributed by atoms with van der Waals surface area (Å²) in [6, 6.07) is 0.398. The molecule has 1 aromatic heterocycles. The van der Waals surface area contributed by atoms with Crippen molar-refractivity contribution >= 4 is 17.7 Å². The van der Waals surface area contributed by atoms with E-state index in [0.29, 0.717) is 12.0 Å². The van der Waals surface area contributed by atoms with Crippen LogP contribution in [-0.2, 0) is 4.79 Å². The second kappa shape index (κ2) is 6.90. The van der Waals surface area contributed by atoms with Crippen molar-refractivity contribution < 1.29 is 4.79 Å². The molecule has 2 atom stereocenters. The molecule has 0 unspecified atom stereocenters. The quantitative estimate of drug-likeness (QED) is 0.651. The number of fused-ring (bicyclic) bond motifs is 1. The minimum atomic E-state index is -0.375. The van der Waals surface area contributed by atoms with E-state index in [0.717, 1.165) is 24.1 Å². The van der Waals surface area contributed by atoms with Gasteiger partial charge in [0.15, 0.2) is 0 Å². The van der Waals surface area contributed by atoms with Crippen molar-refractivity contribution in [3.05, 3.63) is 16.0 Å². The Labute approximate surface area is 139 Å². The first kappa shape index (κ1) is 16.3. The van der Waals surface area contributed by atoms with Crippen LogP contribution in [0.15, 0.2) is 9.95 Å². The van der Waals surface area contributed by atoms with Gasteiger partial charge in [-0.05, 0) is 38.5 Å². The van der Waals surface area contributed by atoms with E-state index in [9.17, 15) is 9.59 Å². The highest BCUT2D eigenvalue weighted by atomic mass is 32.2. The number of carbonyl (C=O) groups excluding carboxylic acids is 1. The number of aryl methyl sites for hydroxylation is 1. The predicted molar refractivity (Wildman–Crippen MR) is 88.6 cm³/mol. The Kier molecular flexibility index (Phi) is 4.89. The standard InChI is InChI=1S/C15H23N5O2S/c1-10-14(22)20(16)15(18-17-10)23-9-13(21)19-8-4-6-11-5-2-3-7-12(11)19/h11-12H,2-9,16H2,1H3/t11-,12-/m0/s1. The number of likely N-dealkylation sites (tertiary alicyclic amines) is 1. The van der Waals surface area contributed by atoms with E-state index in [2.05, 4.69) is 10.2 Å². The van der Waals surface area contributed by atoms with Crippen LogP contribution < -0.4 is 11.4 Å². The molecule has 2 heterocycles. The predicted octanol–water partition coefficient (Wildman–Crippen LogP) is 0.934. The Morgan fingerprint density at radius 2 is 2.00 bits per heavy atom. The molecule has 7 nitrogen and oxygen atoms in total. The summed E-state index contributed by atoms with van der Waals surface area (Å²) in [4.78, 5) is 26.4. The van der Waals surface area contributed by atoms with Crippen molar-refractivity contribution in [3.8, 4) is 0 Å². The first-order valence-corrected chi connectivity index (χ1v) is 9.20. The fourth-order valence-corrected chi connectivity index (χ4v) is 4.45. The molecular weight excluding hydrogens is 314 g/mol. The van der Waals surface area contributed by atoms with Gasteiger partial charge in [0.25, 0.3) is 5.56 Å². The van der Waals surface area contributed by atoms with Gasteiger partial charge in [-0.25, -0.2) is 0 Å². The SMILES string of the molecule is Cc1nnc(SCC(=O)N2CCC[C@@H]3CCCC[C@@H]32)n(N)c1=O. The largest absolute Gasteiger partial charge is 0.339 e. The lowest BCUT2D eigenvalue weighted by molar-refractivity contribution is -0.134. The zero-order chi connectivity index (χ0) is 16.4. The van der Waals surface area contributed by atoms with E-state index < -0.39 is 0 Å². The molecule has 0 aromatic carbocycles. The zero-order valence-corrected chi connectivity index (χ0v) is 14.2. The number of rotatable bonds is 3. The van der Waals surface area contributed by atoms with Crippen molar-refractivity contribution in [2.45, 2.75) is 56.6 Å². The van der Waals surface area contributed by atoms with Crippen LogP contribution in [0.3, 0.4) is 0 Å². The van der Waals surface area contributed by atoms with Gasteiger partial charge in [-0.1, -0.05) is 24.6 Å². The van der Waals surface area contributed by atoms with Gasteiger partial charge >= 0.3 is 0 Å². The van der Waals surface area contributed by atoms with Crippen molar-refractivity contribution in [2.75, 3.05) is 18.1 Å². The second-order valence-corrected chi connectivity index (χ2v) is 7.32. The third-order valence-corrected chi connectivity index (χ3v) is 5.84. The highest BCUT2D eigenvalue weighted by Crippen LogP contribution is 2.35. The summed E-state index contributed by atoms with van der Waals surface area (Å²) >= 11 is 1.18. The Balaban J connectivity index is 1.65. The number of nitrogen functional groups attached to an aromatic ring is 1. The fraction of sp³-hybridized carbons (Fsp3) is 0.733. The maximum atomic E-state index is 12.6. The smallest absolute Gasteiger partial charge is 0.294 e. The van der Waals surface area contributed by atoms with Crippen LogP contribution in [0.4, 0.5) is 0 Å². The van der Waals surface area contributed by atoms with E-state index in [1.165, 1.54) is 37.4 Å². The van der Waals surface area contributed by atoms with Gasteiger partial charge in [-0.2, -0.15) is 4.68 Å². The molecular formula is C15H23N5O2S. The van der Waals surface area contributed by atoms with E-state index in [4.69, 9.17) is 5.84 Å². The molecule has 2 aliphatic rings. The average Bonchev–Trinajstić information content (AvgIpc) is 2.58. The van der Waals surface area contributed by atoms with Crippen LogP contribution in [0.5, 0.6) is 0 Å². The van der Waals surface area contributed by atoms with E-state index in [-0.39, 0.29) is 28.1 Å². The van der Waals surface area contributed by atoms with Crippen molar-refractivity contribution in [1.29, 1.82) is 0 Å². The van der Waals surface area contributed by atoms with E-state index in [1.54, 1.807) is 6.92 Å². The van der Waals surface area contributed by atoms with Crippen molar-refractivity contribution in [1.82, 2.24) is 19.8 Å². The number of amides is 1. The highest BCUT2D eigenvalue weighted by Gasteiger charge is 2.35. The number of hydrogen-bond donors (Lipinski definition) is 1. The van der Waals surface area contributed by atoms with Crippen LogP contribution in [-0.4, -0.2) is 44.0 Å². The summed E-state index contributed by atoms with van der Waals surface area (Å²) in [5.41, 5.74) is -0.121. The highest BCUT2D eigenvalue weighted by molar-refractivity contribution is 7.99. The van der Waals surface area contributed by atoms with Gasteiger partial charge in [-0.3, -0.25) is 9.59 Å². The lowest BCUT2D eigenvalue weighted by Gasteiger charge is -2.44. The molecule has 1 aliphatic carbocycles. The minimum absolute atomic E-state index is 0.112. The van der Waals surface area contributed by atoms with Gasteiger partial charge < -0.3 is 10.7 Å². The number of aromatic nitrogens is 3. The number of thioether (sulfide) groups is 1. The number of nitrogens with two attached hydrogens (primary N) is 1. The summed E-state index contributed by atoms with van der Waals surface area (Å²) in [6.07, 6.45) is 7.19. The van der Waals surface area contributed by atoms with Crippen LogP contribution in [0, 0.1) is 12.8 Å². The van der Waals surface area contributed by atoms with E-state index in [1.807, 2.05) is 4.90 Å². The van der Waals surface area contributed by atoms with Crippen LogP contribution in [0.1, 0.15) is 44.2 Å². The molecule has 1 saturated heterocycles. The molecule has 8 heteroatoms.